The van der Waals surface area contributed by atoms with Gasteiger partial charge in [0.25, 0.3) is 0 Å². The Balaban J connectivity index is 1.67. The Bertz CT molecular complexity index is 708. The molecule has 0 bridgehead atoms. The topological polar surface area (TPSA) is 80.5 Å². The minimum Gasteiger partial charge on any atom is -0.378 e. The van der Waals surface area contributed by atoms with Gasteiger partial charge in [-0.05, 0) is 44.0 Å². The standard InChI is InChI=1S/C17H22N4O3/c1-11-6-12(2)8-14(7-11)19-16(22)9-21-4-5-23-10-15(21)17-18-13(3)20-24-17/h6-8,15H,4-5,9-10H2,1-3H3,(H,19,22)/t15-/m0/s1. The SMILES string of the molecule is Cc1cc(C)cc(NC(=O)CN2CCOC[C@H]2c2nc(C)no2)c1. The van der Waals surface area contributed by atoms with Crippen molar-refractivity contribution < 1.29 is 14.1 Å². The van der Waals surface area contributed by atoms with Gasteiger partial charge in [-0.2, -0.15) is 4.98 Å². The Labute approximate surface area is 141 Å². The van der Waals surface area contributed by atoms with Crippen molar-refractivity contribution in [1.29, 1.82) is 0 Å². The zero-order valence-electron chi connectivity index (χ0n) is 14.2. The van der Waals surface area contributed by atoms with Gasteiger partial charge in [0, 0.05) is 12.2 Å². The summed E-state index contributed by atoms with van der Waals surface area (Å²) >= 11 is 0. The third-order valence-electron chi connectivity index (χ3n) is 3.92. The molecule has 1 aliphatic heterocycles. The number of hydrogen-bond donors (Lipinski definition) is 1. The number of nitrogens with one attached hydrogen (secondary N) is 1. The molecule has 0 spiro atoms. The van der Waals surface area contributed by atoms with Crippen LogP contribution in [0.2, 0.25) is 0 Å². The molecule has 1 aromatic carbocycles. The molecule has 1 N–H and O–H groups in total. The highest BCUT2D eigenvalue weighted by Gasteiger charge is 2.30. The zero-order chi connectivity index (χ0) is 17.1. The molecule has 24 heavy (non-hydrogen) atoms. The molecule has 0 radical (unpaired) electrons. The van der Waals surface area contributed by atoms with E-state index in [9.17, 15) is 4.79 Å². The first-order valence-corrected chi connectivity index (χ1v) is 8.01. The maximum Gasteiger partial charge on any atom is 0.246 e. The Morgan fingerprint density at radius 2 is 2.04 bits per heavy atom. The van der Waals surface area contributed by atoms with Gasteiger partial charge in [0.15, 0.2) is 5.82 Å². The van der Waals surface area contributed by atoms with E-state index >= 15 is 0 Å². The molecule has 1 saturated heterocycles. The van der Waals surface area contributed by atoms with Gasteiger partial charge in [0.1, 0.15) is 6.04 Å². The van der Waals surface area contributed by atoms with Crippen LogP contribution < -0.4 is 5.32 Å². The predicted octanol–water partition coefficient (Wildman–Crippen LogP) is 2.01. The highest BCUT2D eigenvalue weighted by molar-refractivity contribution is 5.92. The molecule has 1 amide bonds. The van der Waals surface area contributed by atoms with Crippen molar-refractivity contribution in [2.24, 2.45) is 0 Å². The minimum atomic E-state index is -0.190. The zero-order valence-corrected chi connectivity index (χ0v) is 14.2. The third kappa shape index (κ3) is 3.98. The Morgan fingerprint density at radius 3 is 2.71 bits per heavy atom. The number of carbonyl (C=O) groups is 1. The highest BCUT2D eigenvalue weighted by atomic mass is 16.5. The van der Waals surface area contributed by atoms with Gasteiger partial charge in [0.05, 0.1) is 19.8 Å². The molecule has 2 aromatic rings. The van der Waals surface area contributed by atoms with Gasteiger partial charge in [-0.25, -0.2) is 0 Å². The Morgan fingerprint density at radius 1 is 1.29 bits per heavy atom. The summed E-state index contributed by atoms with van der Waals surface area (Å²) in [4.78, 5) is 18.7. The van der Waals surface area contributed by atoms with Gasteiger partial charge in [0.2, 0.25) is 11.8 Å². The molecule has 0 unspecified atom stereocenters. The fraction of sp³-hybridized carbons (Fsp3) is 0.471. The second-order valence-corrected chi connectivity index (χ2v) is 6.17. The van der Waals surface area contributed by atoms with Crippen molar-refractivity contribution in [3.63, 3.8) is 0 Å². The fourth-order valence-electron chi connectivity index (χ4n) is 2.94. The van der Waals surface area contributed by atoms with E-state index in [0.717, 1.165) is 16.8 Å². The second-order valence-electron chi connectivity index (χ2n) is 6.17. The van der Waals surface area contributed by atoms with Gasteiger partial charge >= 0.3 is 0 Å². The van der Waals surface area contributed by atoms with Gasteiger partial charge in [-0.3, -0.25) is 9.69 Å². The summed E-state index contributed by atoms with van der Waals surface area (Å²) in [6.07, 6.45) is 0. The average Bonchev–Trinajstić information content (AvgIpc) is 2.93. The van der Waals surface area contributed by atoms with Crippen molar-refractivity contribution in [3.8, 4) is 0 Å². The van der Waals surface area contributed by atoms with Crippen LogP contribution in [-0.4, -0.2) is 47.3 Å². The monoisotopic (exact) mass is 330 g/mol. The van der Waals surface area contributed by atoms with E-state index in [1.807, 2.05) is 30.9 Å². The molecule has 2 heterocycles. The lowest BCUT2D eigenvalue weighted by Crippen LogP contribution is -2.43. The van der Waals surface area contributed by atoms with Crippen molar-refractivity contribution in [2.45, 2.75) is 26.8 Å². The largest absolute Gasteiger partial charge is 0.378 e. The van der Waals surface area contributed by atoms with Gasteiger partial charge in [-0.15, -0.1) is 0 Å². The van der Waals surface area contributed by atoms with E-state index in [2.05, 4.69) is 21.5 Å². The molecule has 3 rings (SSSR count). The normalized spacial score (nSPS) is 18.5. The van der Waals surface area contributed by atoms with Crippen LogP contribution in [0.25, 0.3) is 0 Å². The first kappa shape index (κ1) is 16.6. The molecule has 0 saturated carbocycles. The lowest BCUT2D eigenvalue weighted by Gasteiger charge is -2.32. The summed E-state index contributed by atoms with van der Waals surface area (Å²) in [5.41, 5.74) is 3.06. The smallest absolute Gasteiger partial charge is 0.246 e. The van der Waals surface area contributed by atoms with Crippen molar-refractivity contribution in [2.75, 3.05) is 31.6 Å². The lowest BCUT2D eigenvalue weighted by molar-refractivity contribution is -0.120. The van der Waals surface area contributed by atoms with E-state index in [-0.39, 0.29) is 18.5 Å². The van der Waals surface area contributed by atoms with E-state index in [1.165, 1.54) is 0 Å². The number of amides is 1. The molecule has 0 aliphatic carbocycles. The fourth-order valence-corrected chi connectivity index (χ4v) is 2.94. The Kier molecular flexibility index (Phi) is 4.92. The summed E-state index contributed by atoms with van der Waals surface area (Å²) in [6.45, 7) is 7.72. The van der Waals surface area contributed by atoms with Crippen LogP contribution in [-0.2, 0) is 9.53 Å². The maximum atomic E-state index is 12.4. The van der Waals surface area contributed by atoms with E-state index in [1.54, 1.807) is 6.92 Å². The first-order chi connectivity index (χ1) is 11.5. The quantitative estimate of drug-likeness (QED) is 0.923. The molecular weight excluding hydrogens is 308 g/mol. The third-order valence-corrected chi connectivity index (χ3v) is 3.92. The molecule has 1 aliphatic rings. The summed E-state index contributed by atoms with van der Waals surface area (Å²) in [5, 5.41) is 6.78. The van der Waals surface area contributed by atoms with Crippen LogP contribution in [0.4, 0.5) is 5.69 Å². The summed E-state index contributed by atoms with van der Waals surface area (Å²) in [5.74, 6) is 1.00. The number of morpholine rings is 1. The number of aromatic nitrogens is 2. The van der Waals surface area contributed by atoms with Crippen molar-refractivity contribution >= 4 is 11.6 Å². The van der Waals surface area contributed by atoms with Crippen molar-refractivity contribution in [1.82, 2.24) is 15.0 Å². The summed E-state index contributed by atoms with van der Waals surface area (Å²) in [7, 11) is 0. The van der Waals surface area contributed by atoms with Crippen LogP contribution in [0.1, 0.15) is 28.9 Å². The minimum absolute atomic E-state index is 0.0665. The van der Waals surface area contributed by atoms with Crippen LogP contribution in [0.5, 0.6) is 0 Å². The van der Waals surface area contributed by atoms with Crippen LogP contribution in [0, 0.1) is 20.8 Å². The molecule has 128 valence electrons. The van der Waals surface area contributed by atoms with Gasteiger partial charge in [-0.1, -0.05) is 11.2 Å². The van der Waals surface area contributed by atoms with Crippen LogP contribution >= 0.6 is 0 Å². The van der Waals surface area contributed by atoms with E-state index < -0.39 is 0 Å². The molecule has 7 nitrogen and oxygen atoms in total. The number of anilines is 1. The van der Waals surface area contributed by atoms with Crippen LogP contribution in [0.15, 0.2) is 22.7 Å². The van der Waals surface area contributed by atoms with Crippen molar-refractivity contribution in [3.05, 3.63) is 41.0 Å². The molecule has 1 atom stereocenters. The average molecular weight is 330 g/mol. The summed E-state index contributed by atoms with van der Waals surface area (Å²) in [6, 6.07) is 5.81. The first-order valence-electron chi connectivity index (χ1n) is 8.01. The molecule has 7 heteroatoms. The Hall–Kier alpha value is -2.25. The number of hydrogen-bond acceptors (Lipinski definition) is 6. The number of benzene rings is 1. The van der Waals surface area contributed by atoms with E-state index in [0.29, 0.717) is 31.5 Å². The number of nitrogens with zero attached hydrogens (tertiary/aromatic N) is 3. The predicted molar refractivity (Wildman–Crippen MR) is 88.7 cm³/mol. The number of aryl methyl sites for hydroxylation is 3. The summed E-state index contributed by atoms with van der Waals surface area (Å²) < 4.78 is 10.8. The highest BCUT2D eigenvalue weighted by Crippen LogP contribution is 2.22. The van der Waals surface area contributed by atoms with Gasteiger partial charge < -0.3 is 14.6 Å². The molecular formula is C17H22N4O3. The molecule has 1 aromatic heterocycles. The molecule has 1 fully saturated rings. The number of carbonyl (C=O) groups excluding carboxylic acids is 1. The van der Waals surface area contributed by atoms with E-state index in [4.69, 9.17) is 9.26 Å². The number of ether oxygens (including phenoxy) is 1. The maximum absolute atomic E-state index is 12.4. The van der Waals surface area contributed by atoms with Crippen LogP contribution in [0.3, 0.4) is 0 Å². The second kappa shape index (κ2) is 7.11. The lowest BCUT2D eigenvalue weighted by atomic mass is 10.1. The number of rotatable bonds is 4.